The van der Waals surface area contributed by atoms with E-state index in [1.54, 1.807) is 18.4 Å². The van der Waals surface area contributed by atoms with Gasteiger partial charge in [0.2, 0.25) is 5.91 Å². The quantitative estimate of drug-likeness (QED) is 0.682. The molecule has 0 spiro atoms. The number of aromatic nitrogens is 1. The molecule has 1 heterocycles. The minimum atomic E-state index is -0.193. The van der Waals surface area contributed by atoms with Crippen LogP contribution in [0.5, 0.6) is 5.75 Å². The van der Waals surface area contributed by atoms with Crippen LogP contribution in [0.4, 0.5) is 5.13 Å². The van der Waals surface area contributed by atoms with Crippen LogP contribution in [0.2, 0.25) is 0 Å². The number of nitrogens with one attached hydrogen (secondary N) is 2. The van der Waals surface area contributed by atoms with E-state index in [0.717, 1.165) is 37.9 Å². The average molecular weight is 402 g/mol. The van der Waals surface area contributed by atoms with Crippen molar-refractivity contribution in [2.75, 3.05) is 12.4 Å². The van der Waals surface area contributed by atoms with Crippen molar-refractivity contribution in [3.8, 4) is 5.75 Å². The topological polar surface area (TPSA) is 63.2 Å². The van der Waals surface area contributed by atoms with Crippen molar-refractivity contribution in [2.24, 2.45) is 0 Å². The smallest absolute Gasteiger partial charge is 0.243 e. The lowest BCUT2D eigenvalue weighted by Crippen LogP contribution is -2.47. The molecule has 0 fully saturated rings. The first-order valence-electron chi connectivity index (χ1n) is 10.2. The first-order chi connectivity index (χ1) is 13.5. The highest BCUT2D eigenvalue weighted by atomic mass is 32.1. The van der Waals surface area contributed by atoms with Gasteiger partial charge in [0.25, 0.3) is 0 Å². The van der Waals surface area contributed by atoms with Crippen LogP contribution < -0.4 is 15.4 Å². The fraction of sp³-hybridized carbons (Fsp3) is 0.545. The summed E-state index contributed by atoms with van der Waals surface area (Å²) in [4.78, 5) is 18.4. The summed E-state index contributed by atoms with van der Waals surface area (Å²) in [5.74, 6) is 1.36. The minimum Gasteiger partial charge on any atom is -0.497 e. The van der Waals surface area contributed by atoms with Crippen LogP contribution in [0.25, 0.3) is 0 Å². The molecule has 0 bridgehead atoms. The van der Waals surface area contributed by atoms with Gasteiger partial charge < -0.3 is 15.4 Å². The van der Waals surface area contributed by atoms with Crippen molar-refractivity contribution in [1.82, 2.24) is 10.3 Å². The number of ether oxygens (including phenoxy) is 1. The first kappa shape index (κ1) is 20.8. The Labute approximate surface area is 171 Å². The summed E-state index contributed by atoms with van der Waals surface area (Å²) in [6.45, 7) is 6.39. The monoisotopic (exact) mass is 401 g/mol. The van der Waals surface area contributed by atoms with Gasteiger partial charge in [-0.1, -0.05) is 33.3 Å². The van der Waals surface area contributed by atoms with Crippen molar-refractivity contribution < 1.29 is 9.53 Å². The number of benzene rings is 1. The summed E-state index contributed by atoms with van der Waals surface area (Å²) in [5.41, 5.74) is 2.71. The summed E-state index contributed by atoms with van der Waals surface area (Å²) in [7, 11) is 1.70. The number of nitrogens with zero attached hydrogens (tertiary/aromatic N) is 1. The van der Waals surface area contributed by atoms with Crippen LogP contribution in [-0.2, 0) is 17.6 Å². The van der Waals surface area contributed by atoms with Gasteiger partial charge in [-0.15, -0.1) is 11.3 Å². The molecule has 1 amide bonds. The van der Waals surface area contributed by atoms with Crippen molar-refractivity contribution in [1.29, 1.82) is 0 Å². The Kier molecular flexibility index (Phi) is 7.08. The maximum atomic E-state index is 12.9. The fourth-order valence-corrected chi connectivity index (χ4v) is 4.49. The molecule has 28 heavy (non-hydrogen) atoms. The summed E-state index contributed by atoms with van der Waals surface area (Å²) in [6, 6.07) is 6.43. The van der Waals surface area contributed by atoms with E-state index in [2.05, 4.69) is 48.5 Å². The first-order valence-corrected chi connectivity index (χ1v) is 11.0. The molecule has 0 saturated carbocycles. The van der Waals surface area contributed by atoms with Crippen LogP contribution in [0.15, 0.2) is 24.4 Å². The van der Waals surface area contributed by atoms with Gasteiger partial charge >= 0.3 is 0 Å². The summed E-state index contributed by atoms with van der Waals surface area (Å²) in [5, 5.41) is 7.32. The van der Waals surface area contributed by atoms with Crippen molar-refractivity contribution in [2.45, 2.75) is 70.9 Å². The van der Waals surface area contributed by atoms with Crippen molar-refractivity contribution >= 4 is 22.4 Å². The molecule has 0 aliphatic heterocycles. The summed E-state index contributed by atoms with van der Waals surface area (Å²) < 4.78 is 5.33. The molecule has 2 atom stereocenters. The Morgan fingerprint density at radius 3 is 2.86 bits per heavy atom. The molecule has 1 aliphatic rings. The largest absolute Gasteiger partial charge is 0.497 e. The number of rotatable bonds is 8. The van der Waals surface area contributed by atoms with Crippen LogP contribution in [0, 0.1) is 0 Å². The number of amides is 1. The average Bonchev–Trinajstić information content (AvgIpc) is 3.16. The fourth-order valence-electron chi connectivity index (χ4n) is 3.67. The Hall–Kier alpha value is -1.92. The number of anilines is 1. The normalized spacial score (nSPS) is 17.2. The lowest BCUT2D eigenvalue weighted by molar-refractivity contribution is -0.118. The lowest BCUT2D eigenvalue weighted by atomic mass is 9.87. The van der Waals surface area contributed by atoms with E-state index in [-0.39, 0.29) is 11.9 Å². The number of thiazole rings is 1. The number of hydrogen-bond donors (Lipinski definition) is 2. The van der Waals surface area contributed by atoms with E-state index in [1.807, 2.05) is 12.3 Å². The number of methoxy groups -OCH3 is 1. The van der Waals surface area contributed by atoms with E-state index in [0.29, 0.717) is 17.1 Å². The number of aryl methyl sites for hydroxylation is 1. The van der Waals surface area contributed by atoms with Gasteiger partial charge in [0, 0.05) is 17.1 Å². The molecule has 1 unspecified atom stereocenters. The standard InChI is InChI=1S/C22H31N3O2S/c1-5-6-19(21(26)25-22-23-13-20(28-22)14(2)3)24-17-9-7-16-12-18(27-4)10-8-15(16)11-17/h8,10,12-14,17,19,24H,5-7,9,11H2,1-4H3,(H,23,25,26)/t17?,19-/m0/s1. The van der Waals surface area contributed by atoms with Gasteiger partial charge in [-0.2, -0.15) is 0 Å². The summed E-state index contributed by atoms with van der Waals surface area (Å²) >= 11 is 1.56. The second-order valence-electron chi connectivity index (χ2n) is 7.79. The molecule has 5 nitrogen and oxygen atoms in total. The maximum Gasteiger partial charge on any atom is 0.243 e. The Bertz CT molecular complexity index is 803. The predicted octanol–water partition coefficient (Wildman–Crippen LogP) is 4.53. The van der Waals surface area contributed by atoms with E-state index in [9.17, 15) is 4.79 Å². The third-order valence-electron chi connectivity index (χ3n) is 5.30. The molecule has 6 heteroatoms. The molecule has 3 rings (SSSR count). The molecule has 152 valence electrons. The third-order valence-corrected chi connectivity index (χ3v) is 6.51. The third kappa shape index (κ3) is 5.11. The molecular formula is C22H31N3O2S. The highest BCUT2D eigenvalue weighted by Crippen LogP contribution is 2.27. The van der Waals surface area contributed by atoms with E-state index in [1.165, 1.54) is 16.0 Å². The number of carbonyl (C=O) groups excluding carboxylic acids is 1. The maximum absolute atomic E-state index is 12.9. The minimum absolute atomic E-state index is 0.0204. The van der Waals surface area contributed by atoms with Gasteiger partial charge in [0.15, 0.2) is 5.13 Å². The van der Waals surface area contributed by atoms with Crippen LogP contribution in [-0.4, -0.2) is 30.1 Å². The second-order valence-corrected chi connectivity index (χ2v) is 8.86. The summed E-state index contributed by atoms with van der Waals surface area (Å²) in [6.07, 6.45) is 6.62. The van der Waals surface area contributed by atoms with Crippen LogP contribution in [0.3, 0.4) is 0 Å². The number of hydrogen-bond acceptors (Lipinski definition) is 5. The van der Waals surface area contributed by atoms with Crippen molar-refractivity contribution in [3.05, 3.63) is 40.4 Å². The molecule has 2 N–H and O–H groups in total. The molecule has 0 saturated heterocycles. The number of carbonyl (C=O) groups is 1. The molecule has 2 aromatic rings. The van der Waals surface area contributed by atoms with Crippen LogP contribution >= 0.6 is 11.3 Å². The van der Waals surface area contributed by atoms with Gasteiger partial charge in [-0.3, -0.25) is 4.79 Å². The van der Waals surface area contributed by atoms with Crippen molar-refractivity contribution in [3.63, 3.8) is 0 Å². The van der Waals surface area contributed by atoms with Gasteiger partial charge in [-0.25, -0.2) is 4.98 Å². The lowest BCUT2D eigenvalue weighted by Gasteiger charge is -2.29. The molecule has 1 aromatic carbocycles. The zero-order valence-corrected chi connectivity index (χ0v) is 18.1. The zero-order chi connectivity index (χ0) is 20.1. The second kappa shape index (κ2) is 9.52. The van der Waals surface area contributed by atoms with Gasteiger partial charge in [-0.05, 0) is 54.9 Å². The van der Waals surface area contributed by atoms with Gasteiger partial charge in [0.1, 0.15) is 5.75 Å². The molecule has 0 radical (unpaired) electrons. The highest BCUT2D eigenvalue weighted by molar-refractivity contribution is 7.15. The molecular weight excluding hydrogens is 370 g/mol. The zero-order valence-electron chi connectivity index (χ0n) is 17.2. The Morgan fingerprint density at radius 1 is 1.36 bits per heavy atom. The van der Waals surface area contributed by atoms with E-state index >= 15 is 0 Å². The van der Waals surface area contributed by atoms with E-state index in [4.69, 9.17) is 4.74 Å². The predicted molar refractivity (Wildman–Crippen MR) is 115 cm³/mol. The van der Waals surface area contributed by atoms with Crippen LogP contribution in [0.1, 0.15) is 62.0 Å². The SMILES string of the molecule is CCC[C@H](NC1CCc2cc(OC)ccc2C1)C(=O)Nc1ncc(C(C)C)s1. The Morgan fingerprint density at radius 2 is 2.18 bits per heavy atom. The van der Waals surface area contributed by atoms with Gasteiger partial charge in [0.05, 0.1) is 13.2 Å². The Balaban J connectivity index is 1.62. The van der Waals surface area contributed by atoms with E-state index < -0.39 is 0 Å². The molecule has 1 aliphatic carbocycles. The molecule has 1 aromatic heterocycles. The number of fused-ring (bicyclic) bond motifs is 1. The highest BCUT2D eigenvalue weighted by Gasteiger charge is 2.25.